The van der Waals surface area contributed by atoms with Gasteiger partial charge in [-0.05, 0) is 59.0 Å². The molecule has 4 heteroatoms. The standard InChI is InChI=1S/C12H19BrN2S/c1-3-15-12(4-5-16-2)7-10-6-11(13)9-14-8-10/h6,8-9,12,15H,3-5,7H2,1-2H3. The molecule has 0 spiro atoms. The number of pyridine rings is 1. The minimum Gasteiger partial charge on any atom is -0.314 e. The lowest BCUT2D eigenvalue weighted by Crippen LogP contribution is -2.31. The van der Waals surface area contributed by atoms with E-state index in [9.17, 15) is 0 Å². The molecule has 1 rings (SSSR count). The number of thioether (sulfide) groups is 1. The Morgan fingerprint density at radius 1 is 1.50 bits per heavy atom. The Balaban J connectivity index is 2.52. The number of nitrogens with zero attached hydrogens (tertiary/aromatic N) is 1. The predicted octanol–water partition coefficient (Wildman–Crippen LogP) is 3.12. The molecule has 2 nitrogen and oxygen atoms in total. The van der Waals surface area contributed by atoms with E-state index in [1.54, 1.807) is 0 Å². The lowest BCUT2D eigenvalue weighted by molar-refractivity contribution is 0.513. The molecule has 1 aromatic heterocycles. The smallest absolute Gasteiger partial charge is 0.0410 e. The van der Waals surface area contributed by atoms with Crippen molar-refractivity contribution in [2.45, 2.75) is 25.8 Å². The summed E-state index contributed by atoms with van der Waals surface area (Å²) in [5.74, 6) is 1.21. The summed E-state index contributed by atoms with van der Waals surface area (Å²) in [5, 5.41) is 3.53. The largest absolute Gasteiger partial charge is 0.314 e. The molecule has 0 bridgehead atoms. The first-order valence-corrected chi connectivity index (χ1v) is 7.76. The molecule has 1 aromatic rings. The summed E-state index contributed by atoms with van der Waals surface area (Å²) in [4.78, 5) is 4.20. The number of likely N-dealkylation sites (N-methyl/N-ethyl adjacent to an activating group) is 1. The van der Waals surface area contributed by atoms with Crippen molar-refractivity contribution >= 4 is 27.7 Å². The number of aromatic nitrogens is 1. The van der Waals surface area contributed by atoms with Gasteiger partial charge in [0.25, 0.3) is 0 Å². The van der Waals surface area contributed by atoms with Gasteiger partial charge in [0.2, 0.25) is 0 Å². The first kappa shape index (κ1) is 14.0. The van der Waals surface area contributed by atoms with E-state index in [0.29, 0.717) is 6.04 Å². The highest BCUT2D eigenvalue weighted by Gasteiger charge is 2.08. The van der Waals surface area contributed by atoms with Crippen molar-refractivity contribution in [3.63, 3.8) is 0 Å². The van der Waals surface area contributed by atoms with Gasteiger partial charge in [-0.25, -0.2) is 0 Å². The highest BCUT2D eigenvalue weighted by molar-refractivity contribution is 9.10. The van der Waals surface area contributed by atoms with Gasteiger partial charge in [0.1, 0.15) is 0 Å². The van der Waals surface area contributed by atoms with Crippen LogP contribution in [0.4, 0.5) is 0 Å². The van der Waals surface area contributed by atoms with E-state index in [4.69, 9.17) is 0 Å². The lowest BCUT2D eigenvalue weighted by Gasteiger charge is -2.17. The molecule has 0 radical (unpaired) electrons. The molecule has 1 N–H and O–H groups in total. The second kappa shape index (κ2) is 8.09. The lowest BCUT2D eigenvalue weighted by atomic mass is 10.1. The molecule has 0 aromatic carbocycles. The van der Waals surface area contributed by atoms with Crippen LogP contribution in [0.15, 0.2) is 22.9 Å². The van der Waals surface area contributed by atoms with E-state index < -0.39 is 0 Å². The van der Waals surface area contributed by atoms with Crippen molar-refractivity contribution in [3.8, 4) is 0 Å². The van der Waals surface area contributed by atoms with Crippen LogP contribution >= 0.6 is 27.7 Å². The van der Waals surface area contributed by atoms with E-state index in [1.165, 1.54) is 17.7 Å². The Labute approximate surface area is 111 Å². The number of hydrogen-bond donors (Lipinski definition) is 1. The van der Waals surface area contributed by atoms with Crippen LogP contribution in [0.25, 0.3) is 0 Å². The fraction of sp³-hybridized carbons (Fsp3) is 0.583. The molecule has 1 heterocycles. The SMILES string of the molecule is CCNC(CCSC)Cc1cncc(Br)c1. The molecule has 16 heavy (non-hydrogen) atoms. The van der Waals surface area contributed by atoms with E-state index in [-0.39, 0.29) is 0 Å². The molecular weight excluding hydrogens is 284 g/mol. The first-order valence-electron chi connectivity index (χ1n) is 5.58. The number of halogens is 1. The Morgan fingerprint density at radius 3 is 2.94 bits per heavy atom. The third-order valence-corrected chi connectivity index (χ3v) is 3.48. The van der Waals surface area contributed by atoms with Crippen molar-refractivity contribution in [1.29, 1.82) is 0 Å². The molecule has 0 aliphatic carbocycles. The Morgan fingerprint density at radius 2 is 2.31 bits per heavy atom. The van der Waals surface area contributed by atoms with Crippen LogP contribution in [0.5, 0.6) is 0 Å². The maximum atomic E-state index is 4.20. The minimum absolute atomic E-state index is 0.563. The van der Waals surface area contributed by atoms with Crippen molar-refractivity contribution in [2.75, 3.05) is 18.6 Å². The van der Waals surface area contributed by atoms with E-state index >= 15 is 0 Å². The van der Waals surface area contributed by atoms with Crippen LogP contribution in [0.2, 0.25) is 0 Å². The molecule has 90 valence electrons. The zero-order valence-electron chi connectivity index (χ0n) is 9.87. The summed E-state index contributed by atoms with van der Waals surface area (Å²) in [6.45, 7) is 3.19. The molecule has 0 saturated carbocycles. The van der Waals surface area contributed by atoms with E-state index in [0.717, 1.165) is 17.4 Å². The summed E-state index contributed by atoms with van der Waals surface area (Å²) < 4.78 is 1.06. The molecule has 0 aliphatic heterocycles. The third kappa shape index (κ3) is 5.32. The summed E-state index contributed by atoms with van der Waals surface area (Å²) in [7, 11) is 0. The Kier molecular flexibility index (Phi) is 7.08. The van der Waals surface area contributed by atoms with Gasteiger partial charge < -0.3 is 5.32 Å². The van der Waals surface area contributed by atoms with Gasteiger partial charge in [-0.3, -0.25) is 4.98 Å². The monoisotopic (exact) mass is 302 g/mol. The average Bonchev–Trinajstić information content (AvgIpc) is 2.26. The van der Waals surface area contributed by atoms with Gasteiger partial charge >= 0.3 is 0 Å². The van der Waals surface area contributed by atoms with Gasteiger partial charge in [-0.2, -0.15) is 11.8 Å². The molecule has 1 unspecified atom stereocenters. The number of nitrogens with one attached hydrogen (secondary N) is 1. The Bertz CT molecular complexity index is 307. The highest BCUT2D eigenvalue weighted by atomic mass is 79.9. The van der Waals surface area contributed by atoms with Crippen LogP contribution in [-0.4, -0.2) is 29.6 Å². The van der Waals surface area contributed by atoms with E-state index in [2.05, 4.69) is 45.5 Å². The molecule has 0 saturated heterocycles. The van der Waals surface area contributed by atoms with Crippen molar-refractivity contribution in [2.24, 2.45) is 0 Å². The first-order chi connectivity index (χ1) is 7.76. The summed E-state index contributed by atoms with van der Waals surface area (Å²) in [6, 6.07) is 2.71. The molecule has 1 atom stereocenters. The van der Waals surface area contributed by atoms with Gasteiger partial charge in [0.05, 0.1) is 0 Å². The summed E-state index contributed by atoms with van der Waals surface area (Å²) in [6.07, 6.45) is 8.20. The molecular formula is C12H19BrN2S. The average molecular weight is 303 g/mol. The van der Waals surface area contributed by atoms with Crippen LogP contribution in [0, 0.1) is 0 Å². The topological polar surface area (TPSA) is 24.9 Å². The van der Waals surface area contributed by atoms with Gasteiger partial charge in [0.15, 0.2) is 0 Å². The van der Waals surface area contributed by atoms with Gasteiger partial charge in [-0.15, -0.1) is 0 Å². The van der Waals surface area contributed by atoms with Crippen LogP contribution < -0.4 is 5.32 Å². The van der Waals surface area contributed by atoms with Crippen molar-refractivity contribution in [3.05, 3.63) is 28.5 Å². The highest BCUT2D eigenvalue weighted by Crippen LogP contribution is 2.13. The fourth-order valence-electron chi connectivity index (χ4n) is 1.68. The maximum Gasteiger partial charge on any atom is 0.0410 e. The maximum absolute atomic E-state index is 4.20. The van der Waals surface area contributed by atoms with E-state index in [1.807, 2.05) is 24.2 Å². The van der Waals surface area contributed by atoms with Crippen LogP contribution in [0.3, 0.4) is 0 Å². The van der Waals surface area contributed by atoms with Crippen molar-refractivity contribution < 1.29 is 0 Å². The molecule has 0 aliphatic rings. The minimum atomic E-state index is 0.563. The summed E-state index contributed by atoms with van der Waals surface area (Å²) in [5.41, 5.74) is 1.29. The number of hydrogen-bond acceptors (Lipinski definition) is 3. The van der Waals surface area contributed by atoms with Gasteiger partial charge in [-0.1, -0.05) is 6.92 Å². The molecule has 0 amide bonds. The quantitative estimate of drug-likeness (QED) is 0.838. The fourth-order valence-corrected chi connectivity index (χ4v) is 2.61. The predicted molar refractivity (Wildman–Crippen MR) is 76.1 cm³/mol. The normalized spacial score (nSPS) is 12.7. The van der Waals surface area contributed by atoms with Gasteiger partial charge in [0, 0.05) is 22.9 Å². The van der Waals surface area contributed by atoms with Crippen molar-refractivity contribution in [1.82, 2.24) is 10.3 Å². The zero-order valence-corrected chi connectivity index (χ0v) is 12.3. The van der Waals surface area contributed by atoms with Crippen LogP contribution in [0.1, 0.15) is 18.9 Å². The van der Waals surface area contributed by atoms with Crippen LogP contribution in [-0.2, 0) is 6.42 Å². The Hall–Kier alpha value is -0.0600. The summed E-state index contributed by atoms with van der Waals surface area (Å²) >= 11 is 5.36. The zero-order chi connectivity index (χ0) is 11.8. The second-order valence-electron chi connectivity index (χ2n) is 3.75. The second-order valence-corrected chi connectivity index (χ2v) is 5.65. The number of rotatable bonds is 7. The molecule has 0 fully saturated rings. The third-order valence-electron chi connectivity index (χ3n) is 2.41.